The molecule has 0 aliphatic heterocycles. The number of pyridine rings is 1. The van der Waals surface area contributed by atoms with E-state index in [1.807, 2.05) is 6.20 Å². The minimum absolute atomic E-state index is 0.0302. The summed E-state index contributed by atoms with van der Waals surface area (Å²) < 4.78 is 3.67. The second kappa shape index (κ2) is 4.86. The molecule has 5 nitrogen and oxygen atoms in total. The van der Waals surface area contributed by atoms with Gasteiger partial charge in [0.2, 0.25) is 0 Å². The molecular formula is C12H16N4O. The molecule has 5 heteroatoms. The number of nitrogen functional groups attached to an aromatic ring is 1. The van der Waals surface area contributed by atoms with Gasteiger partial charge in [-0.3, -0.25) is 4.79 Å². The summed E-state index contributed by atoms with van der Waals surface area (Å²) in [6, 6.07) is 3.11. The van der Waals surface area contributed by atoms with Gasteiger partial charge in [-0.2, -0.15) is 0 Å². The van der Waals surface area contributed by atoms with Crippen molar-refractivity contribution in [1.29, 1.82) is 0 Å². The predicted molar refractivity (Wildman–Crippen MR) is 66.7 cm³/mol. The van der Waals surface area contributed by atoms with Crippen LogP contribution in [0.3, 0.4) is 0 Å². The van der Waals surface area contributed by atoms with Crippen LogP contribution in [0.4, 0.5) is 5.69 Å². The summed E-state index contributed by atoms with van der Waals surface area (Å²) in [6.45, 7) is 3.39. The number of nitrogens with zero attached hydrogens (tertiary/aromatic N) is 3. The molecule has 0 spiro atoms. The summed E-state index contributed by atoms with van der Waals surface area (Å²) >= 11 is 0. The van der Waals surface area contributed by atoms with Gasteiger partial charge in [-0.1, -0.05) is 6.92 Å². The van der Waals surface area contributed by atoms with Crippen LogP contribution in [0.5, 0.6) is 0 Å². The number of hydrogen-bond donors (Lipinski definition) is 1. The van der Waals surface area contributed by atoms with Crippen LogP contribution in [0.2, 0.25) is 0 Å². The normalized spacial score (nSPS) is 10.6. The molecule has 2 aromatic heterocycles. The van der Waals surface area contributed by atoms with Crippen LogP contribution in [-0.4, -0.2) is 14.1 Å². The van der Waals surface area contributed by atoms with Crippen molar-refractivity contribution >= 4 is 5.69 Å². The monoisotopic (exact) mass is 232 g/mol. The van der Waals surface area contributed by atoms with Gasteiger partial charge >= 0.3 is 0 Å². The standard InChI is InChI=1S/C12H16N4O/c1-2-11-14-5-6-15(11)7-8-16-9-10(13)3-4-12(16)17/h3-6,9H,2,7-8,13H2,1H3. The zero-order valence-corrected chi connectivity index (χ0v) is 9.84. The lowest BCUT2D eigenvalue weighted by molar-refractivity contribution is 0.550. The second-order valence-electron chi connectivity index (χ2n) is 3.88. The molecule has 2 rings (SSSR count). The molecule has 0 saturated carbocycles. The first kappa shape index (κ1) is 11.4. The van der Waals surface area contributed by atoms with E-state index in [9.17, 15) is 4.79 Å². The van der Waals surface area contributed by atoms with Crippen molar-refractivity contribution in [3.8, 4) is 0 Å². The second-order valence-corrected chi connectivity index (χ2v) is 3.88. The van der Waals surface area contributed by atoms with E-state index in [-0.39, 0.29) is 5.56 Å². The minimum Gasteiger partial charge on any atom is -0.398 e. The Bertz CT molecular complexity index is 556. The van der Waals surface area contributed by atoms with E-state index in [0.29, 0.717) is 12.2 Å². The molecule has 0 saturated heterocycles. The van der Waals surface area contributed by atoms with E-state index in [0.717, 1.165) is 18.8 Å². The number of nitrogens with two attached hydrogens (primary N) is 1. The Morgan fingerprint density at radius 1 is 1.29 bits per heavy atom. The molecule has 0 fully saturated rings. The first-order valence-corrected chi connectivity index (χ1v) is 5.66. The summed E-state index contributed by atoms with van der Waals surface area (Å²) in [5, 5.41) is 0. The van der Waals surface area contributed by atoms with E-state index in [1.165, 1.54) is 6.07 Å². The fourth-order valence-electron chi connectivity index (χ4n) is 1.80. The Labute approximate surface area is 99.5 Å². The van der Waals surface area contributed by atoms with Crippen LogP contribution >= 0.6 is 0 Å². The van der Waals surface area contributed by atoms with Gasteiger partial charge in [0.25, 0.3) is 5.56 Å². The Kier molecular flexibility index (Phi) is 3.27. The van der Waals surface area contributed by atoms with Gasteiger partial charge in [-0.15, -0.1) is 0 Å². The van der Waals surface area contributed by atoms with E-state index in [4.69, 9.17) is 5.73 Å². The van der Waals surface area contributed by atoms with Crippen LogP contribution in [-0.2, 0) is 19.5 Å². The molecule has 2 aromatic rings. The maximum absolute atomic E-state index is 11.6. The average molecular weight is 232 g/mol. The number of rotatable bonds is 4. The number of aromatic nitrogens is 3. The molecule has 0 amide bonds. The fourth-order valence-corrected chi connectivity index (χ4v) is 1.80. The quantitative estimate of drug-likeness (QED) is 0.851. The van der Waals surface area contributed by atoms with Gasteiger partial charge in [0, 0.05) is 49.9 Å². The van der Waals surface area contributed by atoms with Gasteiger partial charge in [-0.25, -0.2) is 4.98 Å². The van der Waals surface area contributed by atoms with Crippen molar-refractivity contribution in [3.63, 3.8) is 0 Å². The highest BCUT2D eigenvalue weighted by Crippen LogP contribution is 2.00. The van der Waals surface area contributed by atoms with Crippen LogP contribution in [0.15, 0.2) is 35.5 Å². The molecule has 0 aromatic carbocycles. The molecule has 2 N–H and O–H groups in total. The minimum atomic E-state index is -0.0302. The molecule has 17 heavy (non-hydrogen) atoms. The molecule has 0 unspecified atom stereocenters. The molecule has 0 atom stereocenters. The Hall–Kier alpha value is -2.04. The smallest absolute Gasteiger partial charge is 0.250 e. The average Bonchev–Trinajstić information content (AvgIpc) is 2.77. The lowest BCUT2D eigenvalue weighted by atomic mass is 10.4. The van der Waals surface area contributed by atoms with Crippen LogP contribution in [0.1, 0.15) is 12.7 Å². The Morgan fingerprint density at radius 2 is 2.06 bits per heavy atom. The molecular weight excluding hydrogens is 216 g/mol. The molecule has 0 aliphatic rings. The van der Waals surface area contributed by atoms with Gasteiger partial charge in [0.05, 0.1) is 0 Å². The first-order valence-electron chi connectivity index (χ1n) is 5.66. The summed E-state index contributed by atoms with van der Waals surface area (Å²) in [4.78, 5) is 15.8. The third-order valence-corrected chi connectivity index (χ3v) is 2.71. The van der Waals surface area contributed by atoms with E-state index >= 15 is 0 Å². The lowest BCUT2D eigenvalue weighted by Gasteiger charge is -2.09. The fraction of sp³-hybridized carbons (Fsp3) is 0.333. The van der Waals surface area contributed by atoms with Gasteiger partial charge < -0.3 is 14.9 Å². The van der Waals surface area contributed by atoms with Crippen molar-refractivity contribution in [1.82, 2.24) is 14.1 Å². The first-order chi connectivity index (χ1) is 8.20. The molecule has 0 aliphatic carbocycles. The Balaban J connectivity index is 2.12. The van der Waals surface area contributed by atoms with E-state index in [2.05, 4.69) is 16.5 Å². The van der Waals surface area contributed by atoms with E-state index in [1.54, 1.807) is 23.0 Å². The zero-order chi connectivity index (χ0) is 12.3. The zero-order valence-electron chi connectivity index (χ0n) is 9.84. The third-order valence-electron chi connectivity index (χ3n) is 2.71. The van der Waals surface area contributed by atoms with Crippen molar-refractivity contribution in [2.45, 2.75) is 26.4 Å². The summed E-state index contributed by atoms with van der Waals surface area (Å²) in [6.07, 6.45) is 6.26. The summed E-state index contributed by atoms with van der Waals surface area (Å²) in [5.41, 5.74) is 6.23. The highest BCUT2D eigenvalue weighted by molar-refractivity contribution is 5.33. The van der Waals surface area contributed by atoms with Gasteiger partial charge in [-0.05, 0) is 6.07 Å². The van der Waals surface area contributed by atoms with Crippen molar-refractivity contribution in [2.24, 2.45) is 0 Å². The summed E-state index contributed by atoms with van der Waals surface area (Å²) in [5.74, 6) is 1.03. The van der Waals surface area contributed by atoms with Crippen molar-refractivity contribution < 1.29 is 0 Å². The maximum Gasteiger partial charge on any atom is 0.250 e. The topological polar surface area (TPSA) is 65.8 Å². The SMILES string of the molecule is CCc1nccn1CCn1cc(N)ccc1=O. The molecule has 90 valence electrons. The lowest BCUT2D eigenvalue weighted by Crippen LogP contribution is -2.21. The van der Waals surface area contributed by atoms with Crippen LogP contribution in [0.25, 0.3) is 0 Å². The van der Waals surface area contributed by atoms with Crippen molar-refractivity contribution in [3.05, 3.63) is 46.9 Å². The van der Waals surface area contributed by atoms with Gasteiger partial charge in [0.15, 0.2) is 0 Å². The number of anilines is 1. The number of aryl methyl sites for hydroxylation is 3. The van der Waals surface area contributed by atoms with Crippen LogP contribution < -0.4 is 11.3 Å². The predicted octanol–water partition coefficient (Wildman–Crippen LogP) is 0.890. The third kappa shape index (κ3) is 2.55. The maximum atomic E-state index is 11.6. The van der Waals surface area contributed by atoms with Gasteiger partial charge in [0.1, 0.15) is 5.82 Å². The highest BCUT2D eigenvalue weighted by Gasteiger charge is 2.01. The molecule has 0 radical (unpaired) electrons. The molecule has 0 bridgehead atoms. The van der Waals surface area contributed by atoms with E-state index < -0.39 is 0 Å². The number of imidazole rings is 1. The number of hydrogen-bond acceptors (Lipinski definition) is 3. The highest BCUT2D eigenvalue weighted by atomic mass is 16.1. The Morgan fingerprint density at radius 3 is 2.82 bits per heavy atom. The van der Waals surface area contributed by atoms with Crippen molar-refractivity contribution in [2.75, 3.05) is 5.73 Å². The summed E-state index contributed by atoms with van der Waals surface area (Å²) in [7, 11) is 0. The van der Waals surface area contributed by atoms with Crippen LogP contribution in [0, 0.1) is 0 Å². The molecule has 2 heterocycles. The largest absolute Gasteiger partial charge is 0.398 e.